The molecule has 1 aliphatic heterocycles. The van der Waals surface area contributed by atoms with Crippen molar-refractivity contribution >= 4 is 11.6 Å². The zero-order valence-electron chi connectivity index (χ0n) is 9.61. The second-order valence-corrected chi connectivity index (χ2v) is 4.67. The second kappa shape index (κ2) is 4.28. The first-order valence-corrected chi connectivity index (χ1v) is 6.10. The molecule has 2 aliphatic rings. The van der Waals surface area contributed by atoms with E-state index in [2.05, 4.69) is 10.6 Å². The number of benzene rings is 1. The summed E-state index contributed by atoms with van der Waals surface area (Å²) < 4.78 is 5.67. The fourth-order valence-corrected chi connectivity index (χ4v) is 1.94. The molecule has 0 bridgehead atoms. The molecule has 17 heavy (non-hydrogen) atoms. The van der Waals surface area contributed by atoms with Crippen molar-refractivity contribution in [1.29, 1.82) is 0 Å². The van der Waals surface area contributed by atoms with E-state index in [9.17, 15) is 4.79 Å². The maximum atomic E-state index is 11.9. The van der Waals surface area contributed by atoms with Gasteiger partial charge in [-0.15, -0.1) is 0 Å². The van der Waals surface area contributed by atoms with Gasteiger partial charge in [-0.25, -0.2) is 0 Å². The Bertz CT molecular complexity index is 429. The molecule has 2 N–H and O–H groups in total. The standard InChI is InChI=1S/C13H16N2O2/c16-13(15-7-9-5-6-9)12-8-14-10-3-1-2-4-11(10)17-12/h1-4,9,12,14H,5-8H2,(H,15,16). The summed E-state index contributed by atoms with van der Waals surface area (Å²) in [6, 6.07) is 7.68. The summed E-state index contributed by atoms with van der Waals surface area (Å²) in [4.78, 5) is 11.9. The lowest BCUT2D eigenvalue weighted by molar-refractivity contribution is -0.127. The third-order valence-corrected chi connectivity index (χ3v) is 3.19. The molecule has 1 aliphatic carbocycles. The number of amides is 1. The smallest absolute Gasteiger partial charge is 0.262 e. The minimum atomic E-state index is -0.413. The van der Waals surface area contributed by atoms with E-state index in [1.165, 1.54) is 12.8 Å². The molecule has 1 saturated carbocycles. The van der Waals surface area contributed by atoms with Crippen molar-refractivity contribution < 1.29 is 9.53 Å². The van der Waals surface area contributed by atoms with E-state index in [0.29, 0.717) is 12.5 Å². The largest absolute Gasteiger partial charge is 0.477 e. The van der Waals surface area contributed by atoms with Crippen LogP contribution < -0.4 is 15.4 Å². The number of carbonyl (C=O) groups is 1. The van der Waals surface area contributed by atoms with Crippen LogP contribution in [0.15, 0.2) is 24.3 Å². The van der Waals surface area contributed by atoms with E-state index in [1.54, 1.807) is 0 Å². The van der Waals surface area contributed by atoms with E-state index < -0.39 is 6.10 Å². The van der Waals surface area contributed by atoms with Gasteiger partial charge in [0.2, 0.25) is 0 Å². The molecular formula is C13H16N2O2. The summed E-state index contributed by atoms with van der Waals surface area (Å²) in [7, 11) is 0. The summed E-state index contributed by atoms with van der Waals surface area (Å²) >= 11 is 0. The topological polar surface area (TPSA) is 50.4 Å². The van der Waals surface area contributed by atoms with Gasteiger partial charge in [-0.1, -0.05) is 12.1 Å². The van der Waals surface area contributed by atoms with E-state index in [4.69, 9.17) is 4.74 Å². The maximum Gasteiger partial charge on any atom is 0.262 e. The lowest BCUT2D eigenvalue weighted by Crippen LogP contribution is -2.45. The van der Waals surface area contributed by atoms with Gasteiger partial charge in [-0.05, 0) is 30.9 Å². The number of rotatable bonds is 3. The van der Waals surface area contributed by atoms with Crippen molar-refractivity contribution in [1.82, 2.24) is 5.32 Å². The number of nitrogens with one attached hydrogen (secondary N) is 2. The van der Waals surface area contributed by atoms with Crippen LogP contribution in [0.4, 0.5) is 5.69 Å². The maximum absolute atomic E-state index is 11.9. The highest BCUT2D eigenvalue weighted by Gasteiger charge is 2.27. The van der Waals surface area contributed by atoms with Crippen molar-refractivity contribution in [3.8, 4) is 5.75 Å². The zero-order valence-corrected chi connectivity index (χ0v) is 9.61. The minimum Gasteiger partial charge on any atom is -0.477 e. The van der Waals surface area contributed by atoms with Crippen LogP contribution in [-0.2, 0) is 4.79 Å². The Morgan fingerprint density at radius 3 is 3.06 bits per heavy atom. The highest BCUT2D eigenvalue weighted by Crippen LogP contribution is 2.29. The van der Waals surface area contributed by atoms with Gasteiger partial charge in [0.15, 0.2) is 6.10 Å². The van der Waals surface area contributed by atoms with Crippen LogP contribution in [0.3, 0.4) is 0 Å². The zero-order chi connectivity index (χ0) is 11.7. The molecule has 0 saturated heterocycles. The van der Waals surface area contributed by atoms with E-state index in [1.807, 2.05) is 24.3 Å². The number of anilines is 1. The van der Waals surface area contributed by atoms with E-state index in [0.717, 1.165) is 18.0 Å². The van der Waals surface area contributed by atoms with Gasteiger partial charge in [0.05, 0.1) is 12.2 Å². The van der Waals surface area contributed by atoms with Crippen molar-refractivity contribution in [3.63, 3.8) is 0 Å². The van der Waals surface area contributed by atoms with E-state index >= 15 is 0 Å². The number of ether oxygens (including phenoxy) is 1. The van der Waals surface area contributed by atoms with Crippen LogP contribution in [-0.4, -0.2) is 25.1 Å². The molecule has 1 amide bonds. The fourth-order valence-electron chi connectivity index (χ4n) is 1.94. The third-order valence-electron chi connectivity index (χ3n) is 3.19. The Labute approximate surface area is 100 Å². The highest BCUT2D eigenvalue weighted by atomic mass is 16.5. The average Bonchev–Trinajstić information content (AvgIpc) is 3.19. The Hall–Kier alpha value is -1.71. The molecule has 0 spiro atoms. The van der Waals surface area contributed by atoms with Crippen LogP contribution in [0.1, 0.15) is 12.8 Å². The monoisotopic (exact) mass is 232 g/mol. The first-order chi connectivity index (χ1) is 8.33. The molecule has 1 fully saturated rings. The van der Waals surface area contributed by atoms with Crippen molar-refractivity contribution in [3.05, 3.63) is 24.3 Å². The van der Waals surface area contributed by atoms with Gasteiger partial charge in [-0.3, -0.25) is 4.79 Å². The lowest BCUT2D eigenvalue weighted by atomic mass is 10.2. The molecule has 3 rings (SSSR count). The number of para-hydroxylation sites is 2. The SMILES string of the molecule is O=C(NCC1CC1)C1CNc2ccccc2O1. The summed E-state index contributed by atoms with van der Waals surface area (Å²) in [6.07, 6.45) is 2.07. The van der Waals surface area contributed by atoms with Gasteiger partial charge >= 0.3 is 0 Å². The molecule has 1 atom stereocenters. The Morgan fingerprint density at radius 1 is 1.41 bits per heavy atom. The summed E-state index contributed by atoms with van der Waals surface area (Å²) in [5.41, 5.74) is 0.957. The van der Waals surface area contributed by atoms with Crippen molar-refractivity contribution in [2.75, 3.05) is 18.4 Å². The molecule has 1 aromatic rings. The molecule has 1 heterocycles. The van der Waals surface area contributed by atoms with Crippen LogP contribution in [0.25, 0.3) is 0 Å². The molecule has 4 heteroatoms. The van der Waals surface area contributed by atoms with Gasteiger partial charge in [0, 0.05) is 6.54 Å². The average molecular weight is 232 g/mol. The lowest BCUT2D eigenvalue weighted by Gasteiger charge is -2.26. The number of carbonyl (C=O) groups excluding carboxylic acids is 1. The quantitative estimate of drug-likeness (QED) is 0.828. The first-order valence-electron chi connectivity index (χ1n) is 6.10. The van der Waals surface area contributed by atoms with Crippen molar-refractivity contribution in [2.45, 2.75) is 18.9 Å². The minimum absolute atomic E-state index is 0.0149. The van der Waals surface area contributed by atoms with Crippen LogP contribution in [0.2, 0.25) is 0 Å². The predicted molar refractivity (Wildman–Crippen MR) is 65.1 cm³/mol. The van der Waals surface area contributed by atoms with Crippen LogP contribution in [0, 0.1) is 5.92 Å². The molecular weight excluding hydrogens is 216 g/mol. The molecule has 0 aromatic heterocycles. The molecule has 0 radical (unpaired) electrons. The Balaban J connectivity index is 1.60. The summed E-state index contributed by atoms with van der Waals surface area (Å²) in [5.74, 6) is 1.44. The molecule has 1 unspecified atom stereocenters. The predicted octanol–water partition coefficient (Wildman–Crippen LogP) is 1.39. The Kier molecular flexibility index (Phi) is 2.63. The second-order valence-electron chi connectivity index (χ2n) is 4.67. The highest BCUT2D eigenvalue weighted by molar-refractivity contribution is 5.83. The van der Waals surface area contributed by atoms with Gasteiger partial charge in [0.1, 0.15) is 5.75 Å². The van der Waals surface area contributed by atoms with Gasteiger partial charge < -0.3 is 15.4 Å². The van der Waals surface area contributed by atoms with Gasteiger partial charge in [-0.2, -0.15) is 0 Å². The normalized spacial score (nSPS) is 22.0. The first kappa shape index (κ1) is 10.4. The van der Waals surface area contributed by atoms with Crippen molar-refractivity contribution in [2.24, 2.45) is 5.92 Å². The Morgan fingerprint density at radius 2 is 2.24 bits per heavy atom. The number of hydrogen-bond donors (Lipinski definition) is 2. The van der Waals surface area contributed by atoms with Crippen LogP contribution in [0.5, 0.6) is 5.75 Å². The van der Waals surface area contributed by atoms with E-state index in [-0.39, 0.29) is 5.91 Å². The van der Waals surface area contributed by atoms with Crippen LogP contribution >= 0.6 is 0 Å². The van der Waals surface area contributed by atoms with Gasteiger partial charge in [0.25, 0.3) is 5.91 Å². The molecule has 4 nitrogen and oxygen atoms in total. The number of fused-ring (bicyclic) bond motifs is 1. The third kappa shape index (κ3) is 2.35. The summed E-state index contributed by atoms with van der Waals surface area (Å²) in [6.45, 7) is 1.33. The summed E-state index contributed by atoms with van der Waals surface area (Å²) in [5, 5.41) is 6.15. The fraction of sp³-hybridized carbons (Fsp3) is 0.462. The molecule has 90 valence electrons. The number of hydrogen-bond acceptors (Lipinski definition) is 3. The molecule has 1 aromatic carbocycles.